The molecule has 0 saturated heterocycles. The molecule has 1 N–H and O–H groups in total. The third-order valence-corrected chi connectivity index (χ3v) is 5.32. The van der Waals surface area contributed by atoms with Crippen molar-refractivity contribution in [2.75, 3.05) is 6.61 Å². The summed E-state index contributed by atoms with van der Waals surface area (Å²) in [5.41, 5.74) is 0. The van der Waals surface area contributed by atoms with Crippen LogP contribution in [0.1, 0.15) is 38.4 Å². The molecule has 0 atom stereocenters. The molecule has 20 heavy (non-hydrogen) atoms. The van der Waals surface area contributed by atoms with E-state index >= 15 is 0 Å². The number of ether oxygens (including phenoxy) is 1. The highest BCUT2D eigenvalue weighted by Gasteiger charge is 2.27. The normalized spacial score (nSPS) is 22.8. The van der Waals surface area contributed by atoms with Crippen molar-refractivity contribution in [3.05, 3.63) is 21.0 Å². The molecule has 0 spiro atoms. The van der Waals surface area contributed by atoms with Gasteiger partial charge >= 0.3 is 5.97 Å². The number of nitrogens with one attached hydrogen (secondary N) is 1. The summed E-state index contributed by atoms with van der Waals surface area (Å²) in [7, 11) is 0. The number of hydrogen-bond acceptors (Lipinski definition) is 4. The molecular formula is C14H19Br2NO3. The van der Waals surface area contributed by atoms with Crippen molar-refractivity contribution < 1.29 is 13.9 Å². The smallest absolute Gasteiger partial charge is 0.308 e. The first-order chi connectivity index (χ1) is 9.60. The van der Waals surface area contributed by atoms with Crippen molar-refractivity contribution in [2.24, 2.45) is 5.92 Å². The average Bonchev–Trinajstić information content (AvgIpc) is 2.76. The van der Waals surface area contributed by atoms with Crippen LogP contribution in [0, 0.1) is 5.92 Å². The van der Waals surface area contributed by atoms with Gasteiger partial charge in [-0.05, 0) is 70.5 Å². The van der Waals surface area contributed by atoms with Crippen LogP contribution in [0.3, 0.4) is 0 Å². The second-order valence-electron chi connectivity index (χ2n) is 5.02. The Labute approximate surface area is 135 Å². The van der Waals surface area contributed by atoms with Gasteiger partial charge in [0.2, 0.25) is 0 Å². The zero-order valence-corrected chi connectivity index (χ0v) is 14.6. The first-order valence-electron chi connectivity index (χ1n) is 6.94. The Balaban J connectivity index is 1.73. The molecule has 1 heterocycles. The third kappa shape index (κ3) is 4.33. The fraction of sp³-hybridized carbons (Fsp3) is 0.643. The number of carbonyl (C=O) groups is 1. The molecule has 1 aromatic heterocycles. The van der Waals surface area contributed by atoms with Crippen LogP contribution in [0.25, 0.3) is 0 Å². The molecule has 2 rings (SSSR count). The van der Waals surface area contributed by atoms with Gasteiger partial charge < -0.3 is 14.5 Å². The van der Waals surface area contributed by atoms with E-state index < -0.39 is 0 Å². The highest BCUT2D eigenvalue weighted by Crippen LogP contribution is 2.28. The summed E-state index contributed by atoms with van der Waals surface area (Å²) in [6.07, 6.45) is 3.82. The molecule has 112 valence electrons. The maximum absolute atomic E-state index is 11.7. The van der Waals surface area contributed by atoms with Gasteiger partial charge in [0.05, 0.1) is 23.5 Å². The topological polar surface area (TPSA) is 51.5 Å². The molecule has 0 amide bonds. The first kappa shape index (κ1) is 16.0. The summed E-state index contributed by atoms with van der Waals surface area (Å²) in [4.78, 5) is 11.7. The van der Waals surface area contributed by atoms with E-state index in [1.807, 2.05) is 13.0 Å². The van der Waals surface area contributed by atoms with Crippen LogP contribution in [-0.2, 0) is 16.1 Å². The summed E-state index contributed by atoms with van der Waals surface area (Å²) in [6.45, 7) is 3.03. The third-order valence-electron chi connectivity index (χ3n) is 3.61. The zero-order chi connectivity index (χ0) is 14.5. The Morgan fingerprint density at radius 1 is 1.40 bits per heavy atom. The van der Waals surface area contributed by atoms with Crippen LogP contribution in [0.15, 0.2) is 19.6 Å². The lowest BCUT2D eigenvalue weighted by atomic mass is 9.86. The molecule has 1 saturated carbocycles. The van der Waals surface area contributed by atoms with Crippen LogP contribution in [0.2, 0.25) is 0 Å². The number of furan rings is 1. The predicted molar refractivity (Wildman–Crippen MR) is 83.3 cm³/mol. The van der Waals surface area contributed by atoms with E-state index in [0.29, 0.717) is 19.2 Å². The lowest BCUT2D eigenvalue weighted by molar-refractivity contribution is -0.149. The van der Waals surface area contributed by atoms with E-state index in [0.717, 1.165) is 40.6 Å². The van der Waals surface area contributed by atoms with E-state index in [4.69, 9.17) is 9.15 Å². The minimum absolute atomic E-state index is 0.0372. The fourth-order valence-corrected chi connectivity index (χ4v) is 3.18. The summed E-state index contributed by atoms with van der Waals surface area (Å²) in [5.74, 6) is 0.945. The molecule has 0 aromatic carbocycles. The lowest BCUT2D eigenvalue weighted by Crippen LogP contribution is -2.35. The second-order valence-corrected chi connectivity index (χ2v) is 6.59. The van der Waals surface area contributed by atoms with Gasteiger partial charge in [0, 0.05) is 6.04 Å². The number of hydrogen-bond donors (Lipinski definition) is 1. The number of carbonyl (C=O) groups excluding carboxylic acids is 1. The van der Waals surface area contributed by atoms with Crippen molar-refractivity contribution >= 4 is 37.8 Å². The lowest BCUT2D eigenvalue weighted by Gasteiger charge is -2.27. The molecule has 1 aliphatic rings. The molecule has 0 radical (unpaired) electrons. The van der Waals surface area contributed by atoms with Crippen molar-refractivity contribution in [3.63, 3.8) is 0 Å². The summed E-state index contributed by atoms with van der Waals surface area (Å²) in [6, 6.07) is 2.41. The predicted octanol–water partition coefficient (Wildman–Crippen LogP) is 4.02. The second kappa shape index (κ2) is 7.61. The Bertz CT molecular complexity index is 434. The Hall–Kier alpha value is -0.330. The van der Waals surface area contributed by atoms with E-state index in [1.165, 1.54) is 0 Å². The van der Waals surface area contributed by atoms with Gasteiger partial charge in [-0.1, -0.05) is 0 Å². The standard InChI is InChI=1S/C14H19Br2NO3/c1-2-19-14(18)9-3-5-10(6-4-9)17-8-11-7-12(15)13(16)20-11/h7,9-10,17H,2-6,8H2,1H3. The van der Waals surface area contributed by atoms with Gasteiger partial charge in [-0.15, -0.1) is 0 Å². The number of halogens is 2. The van der Waals surface area contributed by atoms with Gasteiger partial charge in [-0.25, -0.2) is 0 Å². The van der Waals surface area contributed by atoms with Crippen LogP contribution >= 0.6 is 31.9 Å². The SMILES string of the molecule is CCOC(=O)C1CCC(NCc2cc(Br)c(Br)o2)CC1. The quantitative estimate of drug-likeness (QED) is 0.747. The largest absolute Gasteiger partial charge is 0.466 e. The van der Waals surface area contributed by atoms with Crippen LogP contribution in [-0.4, -0.2) is 18.6 Å². The summed E-state index contributed by atoms with van der Waals surface area (Å²) < 4.78 is 12.3. The van der Waals surface area contributed by atoms with Crippen LogP contribution in [0.4, 0.5) is 0 Å². The van der Waals surface area contributed by atoms with E-state index in [9.17, 15) is 4.79 Å². The number of esters is 1. The van der Waals surface area contributed by atoms with E-state index in [-0.39, 0.29) is 11.9 Å². The van der Waals surface area contributed by atoms with Crippen LogP contribution in [0.5, 0.6) is 0 Å². The minimum atomic E-state index is -0.0372. The maximum atomic E-state index is 11.7. The monoisotopic (exact) mass is 407 g/mol. The molecule has 1 aromatic rings. The molecule has 0 aliphatic heterocycles. The highest BCUT2D eigenvalue weighted by atomic mass is 79.9. The zero-order valence-electron chi connectivity index (χ0n) is 11.5. The van der Waals surface area contributed by atoms with Gasteiger partial charge in [-0.3, -0.25) is 4.79 Å². The van der Waals surface area contributed by atoms with Gasteiger partial charge in [0.25, 0.3) is 0 Å². The molecule has 0 unspecified atom stereocenters. The Morgan fingerprint density at radius 2 is 2.10 bits per heavy atom. The number of rotatable bonds is 5. The average molecular weight is 409 g/mol. The summed E-state index contributed by atoms with van der Waals surface area (Å²) in [5, 5.41) is 3.48. The fourth-order valence-electron chi connectivity index (χ4n) is 2.52. The summed E-state index contributed by atoms with van der Waals surface area (Å²) >= 11 is 6.73. The van der Waals surface area contributed by atoms with Gasteiger partial charge in [-0.2, -0.15) is 0 Å². The minimum Gasteiger partial charge on any atom is -0.466 e. The molecule has 1 fully saturated rings. The molecule has 1 aliphatic carbocycles. The van der Waals surface area contributed by atoms with E-state index in [1.54, 1.807) is 0 Å². The van der Waals surface area contributed by atoms with Crippen molar-refractivity contribution in [2.45, 2.75) is 45.2 Å². The first-order valence-corrected chi connectivity index (χ1v) is 8.52. The van der Waals surface area contributed by atoms with Crippen LogP contribution < -0.4 is 5.32 Å². The Morgan fingerprint density at radius 3 is 2.65 bits per heavy atom. The maximum Gasteiger partial charge on any atom is 0.308 e. The van der Waals surface area contributed by atoms with Crippen molar-refractivity contribution in [1.29, 1.82) is 0 Å². The molecule has 4 nitrogen and oxygen atoms in total. The molecule has 6 heteroatoms. The van der Waals surface area contributed by atoms with Gasteiger partial charge in [0.15, 0.2) is 4.67 Å². The van der Waals surface area contributed by atoms with E-state index in [2.05, 4.69) is 37.2 Å². The Kier molecular flexibility index (Phi) is 6.11. The van der Waals surface area contributed by atoms with Gasteiger partial charge in [0.1, 0.15) is 5.76 Å². The highest BCUT2D eigenvalue weighted by molar-refractivity contribution is 9.13. The molecular weight excluding hydrogens is 390 g/mol. The molecule has 0 bridgehead atoms. The van der Waals surface area contributed by atoms with Crippen molar-refractivity contribution in [1.82, 2.24) is 5.32 Å². The van der Waals surface area contributed by atoms with Crippen molar-refractivity contribution in [3.8, 4) is 0 Å².